The molecule has 0 atom stereocenters. The molecule has 4 heterocycles. The van der Waals surface area contributed by atoms with Gasteiger partial charge in [0.15, 0.2) is 0 Å². The van der Waals surface area contributed by atoms with Gasteiger partial charge in [-0.05, 0) is 56.4 Å². The Morgan fingerprint density at radius 3 is 2.15 bits per heavy atom. The SMILES string of the molecule is CCCOCn1c(=O)c(-c2ccccc2Cl)cc2cnc(NC3CCC(N)CC3)nc21.CS(=O)(=O)c1ncc2cc(-c3ccccc3Cl)c(=O)[nH]c2n1. The van der Waals surface area contributed by atoms with E-state index in [0.717, 1.165) is 43.7 Å². The monoisotopic (exact) mass is 776 g/mol. The number of nitrogens with two attached hydrogens (primary N) is 1. The van der Waals surface area contributed by atoms with Gasteiger partial charge in [0.05, 0.1) is 0 Å². The largest absolute Gasteiger partial charge is 0.361 e. The Bertz CT molecular complexity index is 2500. The van der Waals surface area contributed by atoms with Crippen LogP contribution in [0.3, 0.4) is 0 Å². The Kier molecular flexibility index (Phi) is 11.8. The smallest absolute Gasteiger partial charge is 0.262 e. The standard InChI is InChI=1S/C23H28ClN5O2.C14H10ClN3O3S/c1-2-11-31-14-29-21-15(12-19(22(29)30)18-5-3-4-6-20(18)24)13-26-23(28-21)27-17-9-7-16(25)8-10-17;1-22(20,21)14-16-7-8-6-10(13(19)17-12(8)18-14)9-4-2-3-5-11(9)15/h3-6,12-13,16-17H,2,7-11,14,25H2,1H3,(H,26,27,28);2-7H,1H3,(H,16,17,18,19). The summed E-state index contributed by atoms with van der Waals surface area (Å²) in [6.45, 7) is 2.71. The van der Waals surface area contributed by atoms with Crippen molar-refractivity contribution in [1.29, 1.82) is 0 Å². The number of pyridine rings is 2. The first kappa shape index (κ1) is 38.0. The van der Waals surface area contributed by atoms with Crippen molar-refractivity contribution in [3.05, 3.63) is 104 Å². The van der Waals surface area contributed by atoms with Crippen LogP contribution in [0.5, 0.6) is 0 Å². The highest BCUT2D eigenvalue weighted by Crippen LogP contribution is 2.29. The lowest BCUT2D eigenvalue weighted by molar-refractivity contribution is 0.0779. The van der Waals surface area contributed by atoms with Crippen molar-refractivity contribution in [3.8, 4) is 22.3 Å². The molecule has 0 aliphatic heterocycles. The zero-order valence-electron chi connectivity index (χ0n) is 29.1. The van der Waals surface area contributed by atoms with Crippen molar-refractivity contribution >= 4 is 61.1 Å². The molecule has 53 heavy (non-hydrogen) atoms. The van der Waals surface area contributed by atoms with E-state index in [2.05, 4.69) is 30.2 Å². The summed E-state index contributed by atoms with van der Waals surface area (Å²) in [7, 11) is -3.54. The minimum absolute atomic E-state index is 0.121. The highest BCUT2D eigenvalue weighted by Gasteiger charge is 2.21. The van der Waals surface area contributed by atoms with Crippen molar-refractivity contribution in [1.82, 2.24) is 29.5 Å². The number of aromatic amines is 1. The molecule has 16 heteroatoms. The number of fused-ring (bicyclic) bond motifs is 2. The maximum absolute atomic E-state index is 13.4. The molecule has 0 saturated heterocycles. The van der Waals surface area contributed by atoms with E-state index in [4.69, 9.17) is 33.7 Å². The molecule has 1 aliphatic rings. The van der Waals surface area contributed by atoms with Crippen LogP contribution < -0.4 is 22.2 Å². The summed E-state index contributed by atoms with van der Waals surface area (Å²) in [6.07, 6.45) is 8.92. The molecule has 0 radical (unpaired) electrons. The van der Waals surface area contributed by atoms with Gasteiger partial charge in [-0.15, -0.1) is 0 Å². The lowest BCUT2D eigenvalue weighted by Gasteiger charge is -2.26. The fourth-order valence-corrected chi connectivity index (χ4v) is 6.98. The fraction of sp³-hybridized carbons (Fsp3) is 0.297. The lowest BCUT2D eigenvalue weighted by atomic mass is 9.92. The van der Waals surface area contributed by atoms with E-state index in [1.165, 1.54) is 6.20 Å². The van der Waals surface area contributed by atoms with E-state index in [1.807, 2.05) is 25.1 Å². The molecule has 1 fully saturated rings. The number of hydrogen-bond donors (Lipinski definition) is 3. The molecule has 276 valence electrons. The Morgan fingerprint density at radius 1 is 0.887 bits per heavy atom. The molecule has 7 rings (SSSR count). The maximum Gasteiger partial charge on any atom is 0.262 e. The zero-order valence-corrected chi connectivity index (χ0v) is 31.4. The van der Waals surface area contributed by atoms with E-state index in [-0.39, 0.29) is 35.2 Å². The van der Waals surface area contributed by atoms with Gasteiger partial charge < -0.3 is 20.8 Å². The number of hydrogen-bond acceptors (Lipinski definition) is 11. The Labute approximate surface area is 315 Å². The van der Waals surface area contributed by atoms with Crippen LogP contribution in [0.4, 0.5) is 5.95 Å². The molecule has 2 aromatic carbocycles. The van der Waals surface area contributed by atoms with Crippen LogP contribution in [0.25, 0.3) is 44.3 Å². The third-order valence-corrected chi connectivity index (χ3v) is 10.3. The summed E-state index contributed by atoms with van der Waals surface area (Å²) < 4.78 is 30.2. The number of aromatic nitrogens is 6. The number of nitrogens with zero attached hydrogens (tertiary/aromatic N) is 5. The summed E-state index contributed by atoms with van der Waals surface area (Å²) in [5.41, 5.74) is 8.26. The van der Waals surface area contributed by atoms with E-state index < -0.39 is 15.4 Å². The Morgan fingerprint density at radius 2 is 1.51 bits per heavy atom. The molecule has 0 amide bonds. The summed E-state index contributed by atoms with van der Waals surface area (Å²) >= 11 is 12.5. The summed E-state index contributed by atoms with van der Waals surface area (Å²) in [5, 5.41) is 5.31. The highest BCUT2D eigenvalue weighted by molar-refractivity contribution is 7.90. The van der Waals surface area contributed by atoms with Gasteiger partial charge in [0.1, 0.15) is 18.0 Å². The number of halogens is 2. The van der Waals surface area contributed by atoms with Crippen molar-refractivity contribution in [2.75, 3.05) is 18.2 Å². The minimum Gasteiger partial charge on any atom is -0.361 e. The van der Waals surface area contributed by atoms with Crippen LogP contribution in [-0.4, -0.2) is 62.9 Å². The van der Waals surface area contributed by atoms with Gasteiger partial charge in [-0.3, -0.25) is 14.2 Å². The second-order valence-corrected chi connectivity index (χ2v) is 15.5. The van der Waals surface area contributed by atoms with Crippen LogP contribution in [0.15, 0.2) is 87.8 Å². The van der Waals surface area contributed by atoms with Crippen LogP contribution in [-0.2, 0) is 21.3 Å². The van der Waals surface area contributed by atoms with Crippen molar-refractivity contribution in [2.24, 2.45) is 5.73 Å². The molecule has 0 bridgehead atoms. The summed E-state index contributed by atoms with van der Waals surface area (Å²) in [6, 6.07) is 18.2. The molecule has 1 saturated carbocycles. The first-order chi connectivity index (χ1) is 25.4. The molecular weight excluding hydrogens is 739 g/mol. The number of sulfone groups is 1. The van der Waals surface area contributed by atoms with E-state index >= 15 is 0 Å². The number of nitrogens with one attached hydrogen (secondary N) is 2. The lowest BCUT2D eigenvalue weighted by Crippen LogP contribution is -2.33. The van der Waals surface area contributed by atoms with Gasteiger partial charge in [0.2, 0.25) is 20.9 Å². The summed E-state index contributed by atoms with van der Waals surface area (Å²) in [5.74, 6) is 0.516. The molecule has 0 spiro atoms. The second-order valence-electron chi connectivity index (χ2n) is 12.8. The van der Waals surface area contributed by atoms with E-state index in [9.17, 15) is 18.0 Å². The number of H-pyrrole nitrogens is 1. The van der Waals surface area contributed by atoms with E-state index in [0.29, 0.717) is 55.9 Å². The number of anilines is 1. The third-order valence-electron chi connectivity index (χ3n) is 8.73. The Hall–Kier alpha value is -4.73. The molecule has 0 unspecified atom stereocenters. The normalized spacial score (nSPS) is 15.9. The third kappa shape index (κ3) is 8.91. The fourth-order valence-electron chi connectivity index (χ4n) is 6.00. The zero-order chi connectivity index (χ0) is 37.7. The first-order valence-electron chi connectivity index (χ1n) is 17.0. The molecule has 13 nitrogen and oxygen atoms in total. The van der Waals surface area contributed by atoms with Crippen LogP contribution in [0.2, 0.25) is 10.0 Å². The number of ether oxygens (including phenoxy) is 1. The predicted octanol–water partition coefficient (Wildman–Crippen LogP) is 6.22. The summed E-state index contributed by atoms with van der Waals surface area (Å²) in [4.78, 5) is 45.1. The van der Waals surface area contributed by atoms with Crippen molar-refractivity contribution < 1.29 is 13.2 Å². The van der Waals surface area contributed by atoms with Gasteiger partial charge in [-0.2, -0.15) is 4.98 Å². The average molecular weight is 778 g/mol. The van der Waals surface area contributed by atoms with Gasteiger partial charge in [0.25, 0.3) is 11.1 Å². The highest BCUT2D eigenvalue weighted by atomic mass is 35.5. The van der Waals surface area contributed by atoms with Gasteiger partial charge >= 0.3 is 0 Å². The molecular formula is C37H38Cl2N8O5S. The van der Waals surface area contributed by atoms with Gasteiger partial charge in [-0.1, -0.05) is 66.5 Å². The van der Waals surface area contributed by atoms with Crippen LogP contribution in [0.1, 0.15) is 39.0 Å². The van der Waals surface area contributed by atoms with Crippen molar-refractivity contribution in [2.45, 2.75) is 63.0 Å². The quantitative estimate of drug-likeness (QED) is 0.112. The van der Waals surface area contributed by atoms with Crippen molar-refractivity contribution in [3.63, 3.8) is 0 Å². The number of rotatable bonds is 9. The van der Waals surface area contributed by atoms with Gasteiger partial charge in [0, 0.05) is 80.4 Å². The first-order valence-corrected chi connectivity index (χ1v) is 19.7. The topological polar surface area (TPSA) is 188 Å². The molecule has 4 aromatic heterocycles. The number of benzene rings is 2. The molecule has 4 N–H and O–H groups in total. The molecule has 6 aromatic rings. The van der Waals surface area contributed by atoms with Crippen LogP contribution >= 0.6 is 23.2 Å². The maximum atomic E-state index is 13.4. The van der Waals surface area contributed by atoms with Gasteiger partial charge in [-0.25, -0.2) is 23.4 Å². The average Bonchev–Trinajstić information content (AvgIpc) is 3.13. The predicted molar refractivity (Wildman–Crippen MR) is 208 cm³/mol. The second kappa shape index (κ2) is 16.5. The van der Waals surface area contributed by atoms with E-state index in [1.54, 1.807) is 53.2 Å². The molecule has 1 aliphatic carbocycles. The van der Waals surface area contributed by atoms with Crippen LogP contribution in [0, 0.1) is 0 Å². The minimum atomic E-state index is -3.54. The Balaban J connectivity index is 0.000000192.